The van der Waals surface area contributed by atoms with E-state index in [0.29, 0.717) is 24.4 Å². The molecule has 0 aliphatic heterocycles. The second kappa shape index (κ2) is 6.29. The highest BCUT2D eigenvalue weighted by Crippen LogP contribution is 1.99. The Kier molecular flexibility index (Phi) is 4.47. The molecule has 6 nitrogen and oxygen atoms in total. The molecule has 2 N–H and O–H groups in total. The smallest absolute Gasteiger partial charge is 0.258 e. The van der Waals surface area contributed by atoms with E-state index in [1.165, 1.54) is 10.5 Å². The average Bonchev–Trinajstić information content (AvgIpc) is 2.45. The van der Waals surface area contributed by atoms with Crippen LogP contribution < -0.4 is 16.2 Å². The summed E-state index contributed by atoms with van der Waals surface area (Å²) in [5.74, 6) is -0.0648. The van der Waals surface area contributed by atoms with E-state index in [9.17, 15) is 9.59 Å². The van der Waals surface area contributed by atoms with E-state index in [2.05, 4.69) is 15.6 Å². The Hall–Kier alpha value is -2.21. The Bertz CT molecular complexity index is 666. The number of carbonyl (C=O) groups excluding carboxylic acids is 1. The first-order valence-electron chi connectivity index (χ1n) is 6.60. The monoisotopic (exact) mass is 274 g/mol. The first-order valence-corrected chi connectivity index (χ1v) is 6.60. The summed E-state index contributed by atoms with van der Waals surface area (Å²) in [7, 11) is 0. The number of nitrogens with one attached hydrogen (secondary N) is 2. The molecular formula is C14H18N4O2. The van der Waals surface area contributed by atoms with Gasteiger partial charge in [0.2, 0.25) is 5.91 Å². The van der Waals surface area contributed by atoms with Crippen LogP contribution in [-0.2, 0) is 11.3 Å². The van der Waals surface area contributed by atoms with Gasteiger partial charge in [0.15, 0.2) is 0 Å². The standard InChI is InChI=1S/C14H18N4O2/c1-3-15-14(20)10(2)16-9-11-8-13(19)18-7-5-4-6-12(18)17-11/h4-8,10,16H,3,9H2,1-2H3,(H,15,20). The van der Waals surface area contributed by atoms with Crippen molar-refractivity contribution < 1.29 is 4.79 Å². The lowest BCUT2D eigenvalue weighted by atomic mass is 10.3. The highest BCUT2D eigenvalue weighted by Gasteiger charge is 2.11. The van der Waals surface area contributed by atoms with E-state index in [4.69, 9.17) is 0 Å². The molecule has 2 rings (SSSR count). The molecule has 2 heterocycles. The summed E-state index contributed by atoms with van der Waals surface area (Å²) in [5, 5.41) is 5.79. The molecule has 0 saturated carbocycles. The molecule has 2 aromatic rings. The quantitative estimate of drug-likeness (QED) is 0.823. The van der Waals surface area contributed by atoms with Crippen molar-refractivity contribution in [2.24, 2.45) is 0 Å². The minimum absolute atomic E-state index is 0.0648. The number of nitrogens with zero attached hydrogens (tertiary/aromatic N) is 2. The van der Waals surface area contributed by atoms with Gasteiger partial charge in [-0.25, -0.2) is 4.98 Å². The van der Waals surface area contributed by atoms with Gasteiger partial charge in [0.25, 0.3) is 5.56 Å². The van der Waals surface area contributed by atoms with E-state index in [1.807, 2.05) is 13.0 Å². The molecule has 1 unspecified atom stereocenters. The first kappa shape index (κ1) is 14.2. The van der Waals surface area contributed by atoms with Gasteiger partial charge in [0, 0.05) is 25.4 Å². The molecule has 0 aliphatic rings. The van der Waals surface area contributed by atoms with Crippen molar-refractivity contribution in [3.63, 3.8) is 0 Å². The van der Waals surface area contributed by atoms with Crippen LogP contribution in [0.5, 0.6) is 0 Å². The Morgan fingerprint density at radius 2 is 2.25 bits per heavy atom. The predicted molar refractivity (Wildman–Crippen MR) is 76.4 cm³/mol. The van der Waals surface area contributed by atoms with Gasteiger partial charge < -0.3 is 10.6 Å². The SMILES string of the molecule is CCNC(=O)C(C)NCc1cc(=O)n2ccccc2n1. The molecule has 0 saturated heterocycles. The number of pyridine rings is 1. The molecule has 6 heteroatoms. The fourth-order valence-corrected chi connectivity index (χ4v) is 1.87. The lowest BCUT2D eigenvalue weighted by molar-refractivity contribution is -0.122. The van der Waals surface area contributed by atoms with E-state index in [0.717, 1.165) is 0 Å². The fraction of sp³-hybridized carbons (Fsp3) is 0.357. The first-order chi connectivity index (χ1) is 9.61. The molecule has 0 aliphatic carbocycles. The van der Waals surface area contributed by atoms with E-state index >= 15 is 0 Å². The molecule has 0 spiro atoms. The van der Waals surface area contributed by atoms with Crippen LogP contribution in [0, 0.1) is 0 Å². The third kappa shape index (κ3) is 3.21. The van der Waals surface area contributed by atoms with Gasteiger partial charge in [-0.2, -0.15) is 0 Å². The van der Waals surface area contributed by atoms with Crippen LogP contribution in [0.1, 0.15) is 19.5 Å². The lowest BCUT2D eigenvalue weighted by Crippen LogP contribution is -2.41. The number of likely N-dealkylation sites (N-methyl/N-ethyl adjacent to an activating group) is 1. The van der Waals surface area contributed by atoms with Crippen LogP contribution in [0.25, 0.3) is 5.65 Å². The number of amides is 1. The third-order valence-corrected chi connectivity index (χ3v) is 2.96. The number of rotatable bonds is 5. The van der Waals surface area contributed by atoms with Gasteiger partial charge in [0.05, 0.1) is 11.7 Å². The summed E-state index contributed by atoms with van der Waals surface area (Å²) in [6.45, 7) is 4.62. The predicted octanol–water partition coefficient (Wildman–Crippen LogP) is 0.309. The van der Waals surface area contributed by atoms with Crippen LogP contribution in [0.4, 0.5) is 0 Å². The molecule has 0 fully saturated rings. The van der Waals surface area contributed by atoms with Crippen LogP contribution >= 0.6 is 0 Å². The molecule has 0 radical (unpaired) electrons. The number of aromatic nitrogens is 2. The van der Waals surface area contributed by atoms with Gasteiger partial charge in [-0.1, -0.05) is 6.07 Å². The van der Waals surface area contributed by atoms with Crippen molar-refractivity contribution in [2.45, 2.75) is 26.4 Å². The summed E-state index contributed by atoms with van der Waals surface area (Å²) < 4.78 is 1.48. The van der Waals surface area contributed by atoms with Crippen molar-refractivity contribution in [2.75, 3.05) is 6.54 Å². The number of hydrogen-bond acceptors (Lipinski definition) is 4. The maximum atomic E-state index is 11.9. The van der Waals surface area contributed by atoms with Gasteiger partial charge in [0.1, 0.15) is 5.65 Å². The number of hydrogen-bond donors (Lipinski definition) is 2. The average molecular weight is 274 g/mol. The highest BCUT2D eigenvalue weighted by molar-refractivity contribution is 5.81. The summed E-state index contributed by atoms with van der Waals surface area (Å²) in [4.78, 5) is 27.9. The number of carbonyl (C=O) groups is 1. The van der Waals surface area contributed by atoms with Crippen LogP contribution in [0.2, 0.25) is 0 Å². The third-order valence-electron chi connectivity index (χ3n) is 2.96. The molecule has 20 heavy (non-hydrogen) atoms. The van der Waals surface area contributed by atoms with Gasteiger partial charge in [-0.05, 0) is 26.0 Å². The second-order valence-electron chi connectivity index (χ2n) is 4.51. The van der Waals surface area contributed by atoms with E-state index in [-0.39, 0.29) is 17.5 Å². The molecule has 106 valence electrons. The highest BCUT2D eigenvalue weighted by atomic mass is 16.2. The normalized spacial score (nSPS) is 12.3. The van der Waals surface area contributed by atoms with Crippen molar-refractivity contribution in [3.8, 4) is 0 Å². The summed E-state index contributed by atoms with van der Waals surface area (Å²) in [6, 6.07) is 6.54. The summed E-state index contributed by atoms with van der Waals surface area (Å²) in [6.07, 6.45) is 1.68. The van der Waals surface area contributed by atoms with Crippen molar-refractivity contribution in [1.82, 2.24) is 20.0 Å². The maximum absolute atomic E-state index is 11.9. The minimum Gasteiger partial charge on any atom is -0.355 e. The van der Waals surface area contributed by atoms with Crippen molar-refractivity contribution in [1.29, 1.82) is 0 Å². The van der Waals surface area contributed by atoms with Gasteiger partial charge in [-0.3, -0.25) is 14.0 Å². The lowest BCUT2D eigenvalue weighted by Gasteiger charge is -2.13. The fourth-order valence-electron chi connectivity index (χ4n) is 1.87. The second-order valence-corrected chi connectivity index (χ2v) is 4.51. The van der Waals surface area contributed by atoms with Crippen molar-refractivity contribution >= 4 is 11.6 Å². The van der Waals surface area contributed by atoms with Crippen molar-refractivity contribution in [3.05, 3.63) is 46.5 Å². The minimum atomic E-state index is -0.328. The topological polar surface area (TPSA) is 75.5 Å². The van der Waals surface area contributed by atoms with Gasteiger partial charge >= 0.3 is 0 Å². The van der Waals surface area contributed by atoms with E-state index < -0.39 is 0 Å². The summed E-state index contributed by atoms with van der Waals surface area (Å²) in [5.41, 5.74) is 1.10. The Labute approximate surface area is 116 Å². The Morgan fingerprint density at radius 3 is 3.00 bits per heavy atom. The zero-order valence-electron chi connectivity index (χ0n) is 11.6. The zero-order chi connectivity index (χ0) is 14.5. The number of fused-ring (bicyclic) bond motifs is 1. The van der Waals surface area contributed by atoms with Crippen LogP contribution in [0.3, 0.4) is 0 Å². The molecule has 2 aromatic heterocycles. The summed E-state index contributed by atoms with van der Waals surface area (Å²) >= 11 is 0. The molecular weight excluding hydrogens is 256 g/mol. The largest absolute Gasteiger partial charge is 0.355 e. The maximum Gasteiger partial charge on any atom is 0.258 e. The molecule has 1 amide bonds. The zero-order valence-corrected chi connectivity index (χ0v) is 11.6. The Balaban J connectivity index is 2.11. The molecule has 1 atom stereocenters. The Morgan fingerprint density at radius 1 is 1.45 bits per heavy atom. The van der Waals surface area contributed by atoms with Gasteiger partial charge in [-0.15, -0.1) is 0 Å². The van der Waals surface area contributed by atoms with E-state index in [1.54, 1.807) is 25.3 Å². The molecule has 0 aromatic carbocycles. The van der Waals surface area contributed by atoms with Crippen LogP contribution in [0.15, 0.2) is 35.3 Å². The molecule has 0 bridgehead atoms. The van der Waals surface area contributed by atoms with Crippen LogP contribution in [-0.4, -0.2) is 27.9 Å².